The predicted molar refractivity (Wildman–Crippen MR) is 130 cm³/mol. The van der Waals surface area contributed by atoms with Crippen LogP contribution in [0.3, 0.4) is 0 Å². The standard InChI is InChI=1S/C22H17BrClN3O4S/c1-2-12-3-5-14(6-4-12)25-22-26-21(28)19(32-22)11-15-7-8-18(31-15)13-9-16(24)20(23)17(10-13)27(29)30/h3-11,22,25H,2H2,1H3,(H,26,28)/b19-11-/t22-/m1/s1. The first-order valence-corrected chi connectivity index (χ1v) is 11.7. The summed E-state index contributed by atoms with van der Waals surface area (Å²) in [6.45, 7) is 2.10. The Bertz CT molecular complexity index is 1230. The van der Waals surface area contributed by atoms with Crippen molar-refractivity contribution in [2.45, 2.75) is 18.8 Å². The number of carbonyl (C=O) groups excluding carboxylic acids is 1. The first kappa shape index (κ1) is 22.4. The number of aryl methyl sites for hydroxylation is 1. The van der Waals surface area contributed by atoms with Crippen molar-refractivity contribution in [3.8, 4) is 11.3 Å². The zero-order valence-electron chi connectivity index (χ0n) is 16.7. The highest BCUT2D eigenvalue weighted by molar-refractivity contribution is 9.10. The molecule has 7 nitrogen and oxygen atoms in total. The van der Waals surface area contributed by atoms with Gasteiger partial charge in [0.25, 0.3) is 11.6 Å². The summed E-state index contributed by atoms with van der Waals surface area (Å²) < 4.78 is 6.01. The number of nitrogens with zero attached hydrogens (tertiary/aromatic N) is 1. The largest absolute Gasteiger partial charge is 0.457 e. The molecule has 0 spiro atoms. The smallest absolute Gasteiger partial charge is 0.285 e. The number of nitro groups is 1. The molecule has 2 aromatic carbocycles. The SMILES string of the molecule is CCc1ccc(N[C@@H]2NC(=O)/C(=C/c3ccc(-c4cc(Cl)c(Br)c([N+](=O)[O-])c4)o3)S2)cc1. The summed E-state index contributed by atoms with van der Waals surface area (Å²) in [6, 6.07) is 14.4. The number of amides is 1. The molecule has 2 N–H and O–H groups in total. The summed E-state index contributed by atoms with van der Waals surface area (Å²) in [4.78, 5) is 23.6. The van der Waals surface area contributed by atoms with E-state index in [-0.39, 0.29) is 26.6 Å². The molecule has 0 saturated carbocycles. The van der Waals surface area contributed by atoms with Crippen LogP contribution in [0.1, 0.15) is 18.2 Å². The van der Waals surface area contributed by atoms with Crippen LogP contribution in [0, 0.1) is 10.1 Å². The Hall–Kier alpha value is -2.75. The van der Waals surface area contributed by atoms with Crippen molar-refractivity contribution in [1.29, 1.82) is 0 Å². The van der Waals surface area contributed by atoms with Crippen molar-refractivity contribution in [1.82, 2.24) is 5.32 Å². The van der Waals surface area contributed by atoms with Crippen LogP contribution in [-0.4, -0.2) is 16.3 Å². The van der Waals surface area contributed by atoms with Crippen molar-refractivity contribution in [2.75, 3.05) is 5.32 Å². The number of nitro benzene ring substituents is 1. The molecule has 1 atom stereocenters. The van der Waals surface area contributed by atoms with Gasteiger partial charge in [0.2, 0.25) is 0 Å². The van der Waals surface area contributed by atoms with Crippen LogP contribution >= 0.6 is 39.3 Å². The fraction of sp³-hybridized carbons (Fsp3) is 0.136. The highest BCUT2D eigenvalue weighted by Gasteiger charge is 2.27. The van der Waals surface area contributed by atoms with E-state index in [1.54, 1.807) is 24.3 Å². The van der Waals surface area contributed by atoms with Gasteiger partial charge in [-0.05, 0) is 58.2 Å². The van der Waals surface area contributed by atoms with Gasteiger partial charge in [0.05, 0.1) is 14.9 Å². The molecule has 0 unspecified atom stereocenters. The summed E-state index contributed by atoms with van der Waals surface area (Å²) in [6.07, 6.45) is 2.60. The summed E-state index contributed by atoms with van der Waals surface area (Å²) in [5.41, 5.74) is 2.16. The van der Waals surface area contributed by atoms with E-state index in [4.69, 9.17) is 16.0 Å². The number of hydrogen-bond acceptors (Lipinski definition) is 6. The molecule has 0 bridgehead atoms. The van der Waals surface area contributed by atoms with Gasteiger partial charge in [-0.1, -0.05) is 42.4 Å². The highest BCUT2D eigenvalue weighted by atomic mass is 79.9. The fourth-order valence-electron chi connectivity index (χ4n) is 3.12. The minimum absolute atomic E-state index is 0.157. The third kappa shape index (κ3) is 4.85. The molecular weight excluding hydrogens is 518 g/mol. The second-order valence-corrected chi connectivity index (χ2v) is 9.27. The number of nitrogens with one attached hydrogen (secondary N) is 2. The normalized spacial score (nSPS) is 16.9. The number of carbonyl (C=O) groups is 1. The lowest BCUT2D eigenvalue weighted by atomic mass is 10.1. The number of benzene rings is 2. The number of furan rings is 1. The van der Waals surface area contributed by atoms with Crippen LogP contribution in [0.5, 0.6) is 0 Å². The van der Waals surface area contributed by atoms with E-state index >= 15 is 0 Å². The molecule has 1 aliphatic rings. The molecule has 1 fully saturated rings. The molecule has 0 aliphatic carbocycles. The molecule has 3 aromatic rings. The average Bonchev–Trinajstić information content (AvgIpc) is 3.37. The first-order valence-electron chi connectivity index (χ1n) is 9.62. The van der Waals surface area contributed by atoms with E-state index in [0.717, 1.165) is 12.1 Å². The minimum atomic E-state index is -0.520. The van der Waals surface area contributed by atoms with Crippen LogP contribution in [0.15, 0.2) is 62.3 Å². The van der Waals surface area contributed by atoms with Crippen molar-refractivity contribution in [3.63, 3.8) is 0 Å². The lowest BCUT2D eigenvalue weighted by Crippen LogP contribution is -2.30. The molecule has 0 radical (unpaired) electrons. The van der Waals surface area contributed by atoms with Crippen LogP contribution < -0.4 is 10.6 Å². The Labute approximate surface area is 201 Å². The van der Waals surface area contributed by atoms with Gasteiger partial charge in [-0.25, -0.2) is 0 Å². The second-order valence-electron chi connectivity index (χ2n) is 6.93. The topological polar surface area (TPSA) is 97.4 Å². The van der Waals surface area contributed by atoms with Gasteiger partial charge in [0, 0.05) is 23.4 Å². The molecule has 10 heteroatoms. The number of thioether (sulfide) groups is 1. The zero-order chi connectivity index (χ0) is 22.8. The monoisotopic (exact) mass is 533 g/mol. The van der Waals surface area contributed by atoms with Crippen LogP contribution in [0.2, 0.25) is 5.02 Å². The maximum Gasteiger partial charge on any atom is 0.285 e. The van der Waals surface area contributed by atoms with E-state index in [1.807, 2.05) is 24.3 Å². The van der Waals surface area contributed by atoms with E-state index < -0.39 is 4.92 Å². The Kier molecular flexibility index (Phi) is 6.59. The van der Waals surface area contributed by atoms with Crippen molar-refractivity contribution in [2.24, 2.45) is 0 Å². The number of hydrogen-bond donors (Lipinski definition) is 2. The van der Waals surface area contributed by atoms with Crippen molar-refractivity contribution in [3.05, 3.63) is 84.4 Å². The number of halogens is 2. The van der Waals surface area contributed by atoms with E-state index in [0.29, 0.717) is 22.0 Å². The van der Waals surface area contributed by atoms with Crippen LogP contribution in [0.25, 0.3) is 17.4 Å². The zero-order valence-corrected chi connectivity index (χ0v) is 19.9. The molecule has 4 rings (SSSR count). The molecule has 1 saturated heterocycles. The Morgan fingerprint density at radius 1 is 1.28 bits per heavy atom. The minimum Gasteiger partial charge on any atom is -0.457 e. The Morgan fingerprint density at radius 3 is 2.72 bits per heavy atom. The summed E-state index contributed by atoms with van der Waals surface area (Å²) in [5.74, 6) is 0.647. The van der Waals surface area contributed by atoms with Gasteiger partial charge in [-0.15, -0.1) is 0 Å². The van der Waals surface area contributed by atoms with Gasteiger partial charge >= 0.3 is 0 Å². The van der Waals surface area contributed by atoms with Crippen molar-refractivity contribution < 1.29 is 14.1 Å². The second kappa shape index (κ2) is 9.40. The third-order valence-electron chi connectivity index (χ3n) is 4.78. The Morgan fingerprint density at radius 2 is 2.03 bits per heavy atom. The maximum atomic E-state index is 12.4. The van der Waals surface area contributed by atoms with Gasteiger partial charge < -0.3 is 15.1 Å². The van der Waals surface area contributed by atoms with Crippen molar-refractivity contribution >= 4 is 62.7 Å². The van der Waals surface area contributed by atoms with Crippen LogP contribution in [-0.2, 0) is 11.2 Å². The molecule has 164 valence electrons. The summed E-state index contributed by atoms with van der Waals surface area (Å²) in [7, 11) is 0. The fourth-order valence-corrected chi connectivity index (χ4v) is 4.67. The molecule has 2 heterocycles. The predicted octanol–water partition coefficient (Wildman–Crippen LogP) is 6.43. The molecule has 1 aromatic heterocycles. The van der Waals surface area contributed by atoms with E-state index in [9.17, 15) is 14.9 Å². The van der Waals surface area contributed by atoms with Gasteiger partial charge in [0.1, 0.15) is 16.0 Å². The van der Waals surface area contributed by atoms with Gasteiger partial charge in [-0.2, -0.15) is 0 Å². The average molecular weight is 535 g/mol. The molecule has 1 aliphatic heterocycles. The molecule has 32 heavy (non-hydrogen) atoms. The quantitative estimate of drug-likeness (QED) is 0.215. The summed E-state index contributed by atoms with van der Waals surface area (Å²) in [5, 5.41) is 17.6. The van der Waals surface area contributed by atoms with Gasteiger partial charge in [0.15, 0.2) is 5.50 Å². The molecule has 1 amide bonds. The first-order chi connectivity index (χ1) is 15.3. The van der Waals surface area contributed by atoms with Crippen LogP contribution in [0.4, 0.5) is 11.4 Å². The summed E-state index contributed by atoms with van der Waals surface area (Å²) >= 11 is 10.6. The number of rotatable bonds is 6. The lowest BCUT2D eigenvalue weighted by molar-refractivity contribution is -0.385. The third-order valence-corrected chi connectivity index (χ3v) is 7.17. The van der Waals surface area contributed by atoms with Gasteiger partial charge in [-0.3, -0.25) is 14.9 Å². The van der Waals surface area contributed by atoms with E-state index in [1.165, 1.54) is 23.4 Å². The van der Waals surface area contributed by atoms with E-state index in [2.05, 4.69) is 33.5 Å². The number of anilines is 1. The Balaban J connectivity index is 1.50. The molecular formula is C22H17BrClN3O4S. The maximum absolute atomic E-state index is 12.4. The lowest BCUT2D eigenvalue weighted by Gasteiger charge is -2.12. The highest BCUT2D eigenvalue weighted by Crippen LogP contribution is 2.38.